The number of carbonyl (C=O) groups is 1. The van der Waals surface area contributed by atoms with Crippen LogP contribution in [0.5, 0.6) is 0 Å². The highest BCUT2D eigenvalue weighted by Crippen LogP contribution is 2.19. The Kier molecular flexibility index (Phi) is 5.69. The van der Waals surface area contributed by atoms with Gasteiger partial charge in [0.25, 0.3) is 0 Å². The van der Waals surface area contributed by atoms with E-state index in [4.69, 9.17) is 5.26 Å². The van der Waals surface area contributed by atoms with E-state index in [2.05, 4.69) is 22.6 Å². The molecule has 0 aliphatic carbocycles. The Labute approximate surface area is 154 Å². The molecule has 2 aromatic rings. The molecule has 2 atom stereocenters. The summed E-state index contributed by atoms with van der Waals surface area (Å²) in [6.07, 6.45) is 1.70. The van der Waals surface area contributed by atoms with Crippen LogP contribution in [0.15, 0.2) is 36.4 Å². The number of nitrogens with zero attached hydrogens (tertiary/aromatic N) is 4. The average molecular weight is 351 g/mol. The van der Waals surface area contributed by atoms with E-state index in [9.17, 15) is 4.79 Å². The maximum atomic E-state index is 12.3. The third-order valence-electron chi connectivity index (χ3n) is 4.82. The van der Waals surface area contributed by atoms with Crippen LogP contribution in [-0.2, 0) is 11.3 Å². The van der Waals surface area contributed by atoms with Crippen LogP contribution < -0.4 is 5.32 Å². The fraction of sp³-hybridized carbons (Fsp3) is 0.450. The van der Waals surface area contributed by atoms with Crippen LogP contribution in [0.1, 0.15) is 25.5 Å². The van der Waals surface area contributed by atoms with Crippen LogP contribution in [0, 0.1) is 18.3 Å². The van der Waals surface area contributed by atoms with Crippen molar-refractivity contribution in [1.82, 2.24) is 20.0 Å². The zero-order valence-corrected chi connectivity index (χ0v) is 15.4. The molecule has 1 saturated heterocycles. The monoisotopic (exact) mass is 351 g/mol. The van der Waals surface area contributed by atoms with Gasteiger partial charge in [-0.25, -0.2) is 0 Å². The number of hydrogen-bond donors (Lipinski definition) is 1. The zero-order valence-electron chi connectivity index (χ0n) is 15.4. The van der Waals surface area contributed by atoms with E-state index in [0.717, 1.165) is 29.8 Å². The lowest BCUT2D eigenvalue weighted by Gasteiger charge is -2.21. The highest BCUT2D eigenvalue weighted by Gasteiger charge is 2.28. The van der Waals surface area contributed by atoms with Gasteiger partial charge in [0.1, 0.15) is 6.04 Å². The molecule has 0 saturated carbocycles. The van der Waals surface area contributed by atoms with Crippen molar-refractivity contribution in [3.8, 4) is 17.3 Å². The molecule has 1 N–H and O–H groups in total. The van der Waals surface area contributed by atoms with E-state index in [1.807, 2.05) is 48.9 Å². The van der Waals surface area contributed by atoms with Gasteiger partial charge in [0.15, 0.2) is 0 Å². The molecule has 2 heterocycles. The Hall–Kier alpha value is -2.65. The van der Waals surface area contributed by atoms with Crippen molar-refractivity contribution in [2.45, 2.75) is 45.3 Å². The molecule has 136 valence electrons. The minimum atomic E-state index is -0.263. The first-order chi connectivity index (χ1) is 12.6. The van der Waals surface area contributed by atoms with Crippen LogP contribution in [0.3, 0.4) is 0 Å². The summed E-state index contributed by atoms with van der Waals surface area (Å²) in [7, 11) is 0. The molecule has 6 heteroatoms. The first-order valence-electron chi connectivity index (χ1n) is 9.11. The summed E-state index contributed by atoms with van der Waals surface area (Å²) in [5, 5.41) is 17.1. The highest BCUT2D eigenvalue weighted by atomic mass is 16.2. The summed E-state index contributed by atoms with van der Waals surface area (Å²) in [6.45, 7) is 5.71. The second-order valence-corrected chi connectivity index (χ2v) is 6.88. The van der Waals surface area contributed by atoms with E-state index in [1.54, 1.807) is 4.90 Å². The molecule has 26 heavy (non-hydrogen) atoms. The molecule has 1 amide bonds. The predicted octanol–water partition coefficient (Wildman–Crippen LogP) is 2.35. The van der Waals surface area contributed by atoms with Crippen LogP contribution in [0.4, 0.5) is 0 Å². The fourth-order valence-corrected chi connectivity index (χ4v) is 3.33. The lowest BCUT2D eigenvalue weighted by atomic mass is 10.1. The molecule has 1 aliphatic rings. The smallest absolute Gasteiger partial charge is 0.237 e. The minimum absolute atomic E-state index is 0.00284. The average Bonchev–Trinajstić information content (AvgIpc) is 3.27. The van der Waals surface area contributed by atoms with Gasteiger partial charge in [-0.2, -0.15) is 10.4 Å². The van der Waals surface area contributed by atoms with Crippen molar-refractivity contribution in [2.24, 2.45) is 0 Å². The van der Waals surface area contributed by atoms with Crippen LogP contribution >= 0.6 is 0 Å². The molecule has 3 rings (SSSR count). The molecule has 1 aliphatic heterocycles. The topological polar surface area (TPSA) is 74.0 Å². The summed E-state index contributed by atoms with van der Waals surface area (Å²) in [6, 6.07) is 14.2. The quantitative estimate of drug-likeness (QED) is 0.867. The standard InChI is InChI=1S/C20H25N5O/c1-15(22-13-20(26)24-10-6-9-18(24)12-21)14-25-16(2)11-19(23-25)17-7-4-3-5-8-17/h3-5,7-8,11,15,18,22H,6,9-10,13-14H2,1-2H3/t15?,18-/m0/s1. The SMILES string of the molecule is Cc1cc(-c2ccccc2)nn1CC(C)NCC(=O)N1CCC[C@H]1C#N. The molecule has 1 fully saturated rings. The number of nitrogens with one attached hydrogen (secondary N) is 1. The van der Waals surface area contributed by atoms with Crippen molar-refractivity contribution in [1.29, 1.82) is 5.26 Å². The Morgan fingerprint density at radius 3 is 2.92 bits per heavy atom. The summed E-state index contributed by atoms with van der Waals surface area (Å²) >= 11 is 0. The minimum Gasteiger partial charge on any atom is -0.326 e. The van der Waals surface area contributed by atoms with Gasteiger partial charge in [-0.05, 0) is 32.8 Å². The van der Waals surface area contributed by atoms with Gasteiger partial charge in [0, 0.05) is 23.8 Å². The van der Waals surface area contributed by atoms with Crippen molar-refractivity contribution in [2.75, 3.05) is 13.1 Å². The molecule has 0 bridgehead atoms. The van der Waals surface area contributed by atoms with E-state index >= 15 is 0 Å². The molecular formula is C20H25N5O. The van der Waals surface area contributed by atoms with Crippen molar-refractivity contribution >= 4 is 5.91 Å². The van der Waals surface area contributed by atoms with Crippen molar-refractivity contribution in [3.05, 3.63) is 42.1 Å². The molecule has 1 aromatic heterocycles. The Bertz CT molecular complexity index is 792. The number of amides is 1. The lowest BCUT2D eigenvalue weighted by molar-refractivity contribution is -0.130. The van der Waals surface area contributed by atoms with Crippen LogP contribution in [-0.4, -0.2) is 45.8 Å². The Balaban J connectivity index is 1.55. The van der Waals surface area contributed by atoms with Gasteiger partial charge in [0.05, 0.1) is 24.9 Å². The maximum Gasteiger partial charge on any atom is 0.237 e. The van der Waals surface area contributed by atoms with Crippen molar-refractivity contribution < 1.29 is 4.79 Å². The number of nitriles is 1. The molecule has 6 nitrogen and oxygen atoms in total. The lowest BCUT2D eigenvalue weighted by Crippen LogP contribution is -2.43. The molecule has 1 unspecified atom stereocenters. The predicted molar refractivity (Wildman–Crippen MR) is 100 cm³/mol. The van der Waals surface area contributed by atoms with Gasteiger partial charge in [-0.15, -0.1) is 0 Å². The number of likely N-dealkylation sites (tertiary alicyclic amines) is 1. The summed E-state index contributed by atoms with van der Waals surface area (Å²) < 4.78 is 1.97. The van der Waals surface area contributed by atoms with Crippen LogP contribution in [0.25, 0.3) is 11.3 Å². The largest absolute Gasteiger partial charge is 0.326 e. The van der Waals surface area contributed by atoms with Gasteiger partial charge < -0.3 is 10.2 Å². The Morgan fingerprint density at radius 2 is 2.19 bits per heavy atom. The second-order valence-electron chi connectivity index (χ2n) is 6.88. The van der Waals surface area contributed by atoms with E-state index < -0.39 is 0 Å². The first kappa shape index (κ1) is 18.2. The first-order valence-corrected chi connectivity index (χ1v) is 9.11. The van der Waals surface area contributed by atoms with E-state index in [-0.39, 0.29) is 24.5 Å². The maximum absolute atomic E-state index is 12.3. The molecule has 0 radical (unpaired) electrons. The van der Waals surface area contributed by atoms with Gasteiger partial charge >= 0.3 is 0 Å². The van der Waals surface area contributed by atoms with Gasteiger partial charge in [-0.3, -0.25) is 9.48 Å². The number of benzene rings is 1. The number of carbonyl (C=O) groups excluding carboxylic acids is 1. The highest BCUT2D eigenvalue weighted by molar-refractivity contribution is 5.79. The third kappa shape index (κ3) is 4.12. The van der Waals surface area contributed by atoms with Gasteiger partial charge in [0.2, 0.25) is 5.91 Å². The summed E-state index contributed by atoms with van der Waals surface area (Å²) in [5.41, 5.74) is 3.15. The number of aromatic nitrogens is 2. The van der Waals surface area contributed by atoms with E-state index in [0.29, 0.717) is 13.1 Å². The summed E-state index contributed by atoms with van der Waals surface area (Å²) in [5.74, 6) is 0.00284. The molecule has 0 spiro atoms. The second kappa shape index (κ2) is 8.15. The van der Waals surface area contributed by atoms with Gasteiger partial charge in [-0.1, -0.05) is 30.3 Å². The van der Waals surface area contributed by atoms with Crippen LogP contribution in [0.2, 0.25) is 0 Å². The molecule has 1 aromatic carbocycles. The summed E-state index contributed by atoms with van der Waals surface area (Å²) in [4.78, 5) is 14.0. The van der Waals surface area contributed by atoms with Crippen molar-refractivity contribution in [3.63, 3.8) is 0 Å². The number of rotatable bonds is 6. The van der Waals surface area contributed by atoms with E-state index in [1.165, 1.54) is 0 Å². The number of aryl methyl sites for hydroxylation is 1. The molecular weight excluding hydrogens is 326 g/mol. The Morgan fingerprint density at radius 1 is 1.42 bits per heavy atom. The third-order valence-corrected chi connectivity index (χ3v) is 4.82. The number of hydrogen-bond acceptors (Lipinski definition) is 4. The normalized spacial score (nSPS) is 17.9. The zero-order chi connectivity index (χ0) is 18.5. The fourth-order valence-electron chi connectivity index (χ4n) is 3.33.